The van der Waals surface area contributed by atoms with Crippen LogP contribution < -0.4 is 21.3 Å². The van der Waals surface area contributed by atoms with Gasteiger partial charge in [0.1, 0.15) is 0 Å². The van der Waals surface area contributed by atoms with Crippen molar-refractivity contribution in [3.8, 4) is 0 Å². The highest BCUT2D eigenvalue weighted by molar-refractivity contribution is 14.0. The van der Waals surface area contributed by atoms with Crippen molar-refractivity contribution in [2.75, 3.05) is 32.5 Å². The molecular weight excluding hydrogens is 529 g/mol. The van der Waals surface area contributed by atoms with Crippen molar-refractivity contribution in [1.82, 2.24) is 16.0 Å². The topological polar surface area (TPSA) is 94.6 Å². The summed E-state index contributed by atoms with van der Waals surface area (Å²) in [5.74, 6) is 0.409. The van der Waals surface area contributed by atoms with Crippen LogP contribution in [-0.4, -0.2) is 45.0 Å². The van der Waals surface area contributed by atoms with E-state index in [0.717, 1.165) is 17.5 Å². The first-order valence-corrected chi connectivity index (χ1v) is 10.1. The molecule has 0 aliphatic rings. The molecule has 7 nitrogen and oxygen atoms in total. The van der Waals surface area contributed by atoms with E-state index in [9.17, 15) is 9.59 Å². The third kappa shape index (κ3) is 8.74. The predicted octanol–water partition coefficient (Wildman–Crippen LogP) is 3.36. The molecule has 0 radical (unpaired) electrons. The Labute approximate surface area is 205 Å². The summed E-state index contributed by atoms with van der Waals surface area (Å²) in [5.41, 5.74) is 3.25. The Morgan fingerprint density at radius 2 is 1.77 bits per heavy atom. The number of hydrogen-bond donors (Lipinski definition) is 4. The van der Waals surface area contributed by atoms with Gasteiger partial charge in [0.2, 0.25) is 5.91 Å². The maximum atomic E-state index is 12.2. The molecule has 2 aromatic carbocycles. The highest BCUT2D eigenvalue weighted by Crippen LogP contribution is 2.22. The van der Waals surface area contributed by atoms with Gasteiger partial charge in [0, 0.05) is 49.9 Å². The molecule has 0 saturated heterocycles. The van der Waals surface area contributed by atoms with E-state index >= 15 is 0 Å². The van der Waals surface area contributed by atoms with Crippen LogP contribution in [0.15, 0.2) is 47.5 Å². The van der Waals surface area contributed by atoms with Gasteiger partial charge in [-0.3, -0.25) is 14.6 Å². The number of nitrogens with zero attached hydrogens (tertiary/aromatic N) is 1. The fourth-order valence-corrected chi connectivity index (χ4v) is 2.98. The molecule has 4 N–H and O–H groups in total. The smallest absolute Gasteiger partial charge is 0.251 e. The zero-order valence-electron chi connectivity index (χ0n) is 17.9. The zero-order valence-corrected chi connectivity index (χ0v) is 21.0. The molecule has 31 heavy (non-hydrogen) atoms. The van der Waals surface area contributed by atoms with Gasteiger partial charge in [0.05, 0.1) is 0 Å². The summed E-state index contributed by atoms with van der Waals surface area (Å²) >= 11 is 6.08. The molecule has 2 aromatic rings. The van der Waals surface area contributed by atoms with Crippen LogP contribution in [0.4, 0.5) is 5.69 Å². The fourth-order valence-electron chi connectivity index (χ4n) is 2.81. The predicted molar refractivity (Wildman–Crippen MR) is 138 cm³/mol. The second kappa shape index (κ2) is 13.9. The molecule has 0 spiro atoms. The molecule has 2 rings (SSSR count). The molecule has 0 unspecified atom stereocenters. The number of carbonyl (C=O) groups is 2. The molecule has 2 amide bonds. The summed E-state index contributed by atoms with van der Waals surface area (Å²) in [6.07, 6.45) is 1.03. The molecule has 9 heteroatoms. The van der Waals surface area contributed by atoms with Crippen LogP contribution in [0, 0.1) is 6.92 Å². The van der Waals surface area contributed by atoms with E-state index in [1.165, 1.54) is 0 Å². The van der Waals surface area contributed by atoms with Gasteiger partial charge >= 0.3 is 0 Å². The lowest BCUT2D eigenvalue weighted by molar-refractivity contribution is -0.116. The third-order valence-electron chi connectivity index (χ3n) is 4.53. The van der Waals surface area contributed by atoms with Crippen molar-refractivity contribution in [2.45, 2.75) is 19.8 Å². The number of halogens is 2. The number of anilines is 1. The number of nitrogens with one attached hydrogen (secondary N) is 4. The second-order valence-corrected chi connectivity index (χ2v) is 7.07. The molecule has 0 bridgehead atoms. The van der Waals surface area contributed by atoms with Gasteiger partial charge < -0.3 is 21.3 Å². The standard InChI is InChI=1S/C22H28ClN5O2.HI/c1-15-18(23)8-5-9-19(15)28-20(29)11-13-27-22(25-3)26-12-10-16-6-4-7-17(14-16)21(30)24-2;/h4-9,14H,10-13H2,1-3H3,(H,24,30)(H,28,29)(H2,25,26,27);1H. The molecule has 0 atom stereocenters. The van der Waals surface area contributed by atoms with Crippen molar-refractivity contribution < 1.29 is 9.59 Å². The first-order chi connectivity index (χ1) is 14.4. The van der Waals surface area contributed by atoms with Crippen LogP contribution in [0.25, 0.3) is 0 Å². The van der Waals surface area contributed by atoms with Gasteiger partial charge in [-0.05, 0) is 48.7 Å². The van der Waals surface area contributed by atoms with Crippen LogP contribution in [0.1, 0.15) is 27.9 Å². The highest BCUT2D eigenvalue weighted by atomic mass is 127. The Hall–Kier alpha value is -2.33. The largest absolute Gasteiger partial charge is 0.356 e. The lowest BCUT2D eigenvalue weighted by atomic mass is 10.1. The number of aliphatic imine (C=N–C) groups is 1. The van der Waals surface area contributed by atoms with Crippen LogP contribution in [0.3, 0.4) is 0 Å². The highest BCUT2D eigenvalue weighted by Gasteiger charge is 2.08. The Morgan fingerprint density at radius 1 is 1.06 bits per heavy atom. The summed E-state index contributed by atoms with van der Waals surface area (Å²) in [5, 5.41) is 12.4. The van der Waals surface area contributed by atoms with Crippen molar-refractivity contribution in [1.29, 1.82) is 0 Å². The van der Waals surface area contributed by atoms with Gasteiger partial charge in [0.25, 0.3) is 5.91 Å². The number of guanidine groups is 1. The van der Waals surface area contributed by atoms with Gasteiger partial charge in [0.15, 0.2) is 5.96 Å². The quantitative estimate of drug-likeness (QED) is 0.227. The van der Waals surface area contributed by atoms with E-state index in [0.29, 0.717) is 41.7 Å². The van der Waals surface area contributed by atoms with Crippen molar-refractivity contribution >= 4 is 59.0 Å². The maximum Gasteiger partial charge on any atom is 0.251 e. The van der Waals surface area contributed by atoms with Gasteiger partial charge in [-0.15, -0.1) is 24.0 Å². The lowest BCUT2D eigenvalue weighted by Crippen LogP contribution is -2.39. The third-order valence-corrected chi connectivity index (χ3v) is 4.94. The first kappa shape index (κ1) is 26.7. The molecule has 0 saturated carbocycles. The Bertz CT molecular complexity index is 921. The maximum absolute atomic E-state index is 12.2. The summed E-state index contributed by atoms with van der Waals surface area (Å²) < 4.78 is 0. The minimum absolute atomic E-state index is 0. The number of rotatable bonds is 8. The molecule has 0 fully saturated rings. The van der Waals surface area contributed by atoms with Gasteiger partial charge in [-0.1, -0.05) is 29.8 Å². The molecular formula is C22H29ClIN5O2. The average molecular weight is 558 g/mol. The normalized spacial score (nSPS) is 10.6. The lowest BCUT2D eigenvalue weighted by Gasteiger charge is -2.13. The van der Waals surface area contributed by atoms with E-state index in [2.05, 4.69) is 26.3 Å². The minimum atomic E-state index is -0.103. The zero-order chi connectivity index (χ0) is 21.9. The van der Waals surface area contributed by atoms with Gasteiger partial charge in [-0.25, -0.2) is 0 Å². The van der Waals surface area contributed by atoms with E-state index in [4.69, 9.17) is 11.6 Å². The number of hydrogen-bond acceptors (Lipinski definition) is 3. The Morgan fingerprint density at radius 3 is 2.48 bits per heavy atom. The van der Waals surface area contributed by atoms with Crippen LogP contribution in [0.5, 0.6) is 0 Å². The monoisotopic (exact) mass is 557 g/mol. The van der Waals surface area contributed by atoms with Crippen molar-refractivity contribution in [3.63, 3.8) is 0 Å². The summed E-state index contributed by atoms with van der Waals surface area (Å²) in [4.78, 5) is 28.1. The summed E-state index contributed by atoms with van der Waals surface area (Å²) in [7, 11) is 3.29. The van der Waals surface area contributed by atoms with Crippen molar-refractivity contribution in [2.24, 2.45) is 4.99 Å². The molecule has 0 aromatic heterocycles. The SMILES string of the molecule is CN=C(NCCC(=O)Nc1cccc(Cl)c1C)NCCc1cccc(C(=O)NC)c1.I. The Kier molecular flexibility index (Phi) is 11.9. The molecule has 0 heterocycles. The number of benzene rings is 2. The summed E-state index contributed by atoms with van der Waals surface area (Å²) in [6.45, 7) is 2.95. The van der Waals surface area contributed by atoms with Crippen LogP contribution >= 0.6 is 35.6 Å². The second-order valence-electron chi connectivity index (χ2n) is 6.67. The number of amides is 2. The molecule has 168 valence electrons. The average Bonchev–Trinajstić information content (AvgIpc) is 2.75. The molecule has 0 aliphatic carbocycles. The van der Waals surface area contributed by atoms with Crippen molar-refractivity contribution in [3.05, 3.63) is 64.2 Å². The minimum Gasteiger partial charge on any atom is -0.356 e. The first-order valence-electron chi connectivity index (χ1n) is 9.75. The van der Waals surface area contributed by atoms with Crippen LogP contribution in [-0.2, 0) is 11.2 Å². The summed E-state index contributed by atoms with van der Waals surface area (Å²) in [6, 6.07) is 12.9. The van der Waals surface area contributed by atoms with E-state index < -0.39 is 0 Å². The van der Waals surface area contributed by atoms with E-state index in [1.54, 1.807) is 32.3 Å². The molecule has 0 aliphatic heterocycles. The number of carbonyl (C=O) groups excluding carboxylic acids is 2. The fraction of sp³-hybridized carbons (Fsp3) is 0.318. The van der Waals surface area contributed by atoms with Gasteiger partial charge in [-0.2, -0.15) is 0 Å². The van der Waals surface area contributed by atoms with Crippen LogP contribution in [0.2, 0.25) is 5.02 Å². The Balaban J connectivity index is 0.00000480. The van der Waals surface area contributed by atoms with E-state index in [-0.39, 0.29) is 35.8 Å². The van der Waals surface area contributed by atoms with E-state index in [1.807, 2.05) is 31.2 Å².